The van der Waals surface area contributed by atoms with Crippen molar-refractivity contribution in [2.45, 2.75) is 12.8 Å². The Morgan fingerprint density at radius 1 is 1.29 bits per heavy atom. The summed E-state index contributed by atoms with van der Waals surface area (Å²) in [4.78, 5) is 14.2. The van der Waals surface area contributed by atoms with Gasteiger partial charge in [0.05, 0.1) is 23.6 Å². The molecule has 0 aliphatic carbocycles. The Morgan fingerprint density at radius 2 is 2.00 bits per heavy atom. The highest BCUT2D eigenvalue weighted by molar-refractivity contribution is 6.42. The van der Waals surface area contributed by atoms with Gasteiger partial charge < -0.3 is 9.72 Å². The fraction of sp³-hybridized carbons (Fsp3) is 0.250. The van der Waals surface area contributed by atoms with Crippen LogP contribution in [0.5, 0.6) is 0 Å². The van der Waals surface area contributed by atoms with Crippen LogP contribution in [0, 0.1) is 0 Å². The number of H-pyrrole nitrogens is 1. The van der Waals surface area contributed by atoms with Gasteiger partial charge in [0.25, 0.3) is 0 Å². The number of aromatic nitrogens is 1. The highest BCUT2D eigenvalue weighted by Gasteiger charge is 2.07. The number of methoxy groups -OCH3 is 1. The van der Waals surface area contributed by atoms with Gasteiger partial charge in [0.1, 0.15) is 0 Å². The first-order valence-corrected chi connectivity index (χ1v) is 5.89. The second kappa shape index (κ2) is 4.98. The number of aryl methyl sites for hydroxylation is 1. The second-order valence-electron chi connectivity index (χ2n) is 3.72. The molecule has 1 aromatic carbocycles. The Kier molecular flexibility index (Phi) is 3.60. The maximum Gasteiger partial charge on any atom is 0.305 e. The normalized spacial score (nSPS) is 10.8. The summed E-state index contributed by atoms with van der Waals surface area (Å²) in [6.07, 6.45) is 0.960. The second-order valence-corrected chi connectivity index (χ2v) is 4.54. The van der Waals surface area contributed by atoms with Gasteiger partial charge in [-0.1, -0.05) is 23.2 Å². The monoisotopic (exact) mass is 271 g/mol. The Labute approximate surface area is 109 Å². The van der Waals surface area contributed by atoms with Crippen molar-refractivity contribution in [1.82, 2.24) is 4.98 Å². The number of nitrogens with one attached hydrogen (secondary N) is 1. The van der Waals surface area contributed by atoms with E-state index in [2.05, 4.69) is 9.72 Å². The van der Waals surface area contributed by atoms with Crippen molar-refractivity contribution in [2.75, 3.05) is 7.11 Å². The minimum atomic E-state index is -0.222. The zero-order chi connectivity index (χ0) is 12.4. The molecule has 1 aromatic heterocycles. The van der Waals surface area contributed by atoms with Crippen molar-refractivity contribution < 1.29 is 9.53 Å². The van der Waals surface area contributed by atoms with Gasteiger partial charge in [0.15, 0.2) is 0 Å². The smallest absolute Gasteiger partial charge is 0.305 e. The van der Waals surface area contributed by atoms with Crippen LogP contribution in [0.25, 0.3) is 10.9 Å². The number of hydrogen-bond acceptors (Lipinski definition) is 2. The largest absolute Gasteiger partial charge is 0.469 e. The number of carbonyl (C=O) groups is 1. The molecule has 5 heteroatoms. The zero-order valence-corrected chi connectivity index (χ0v) is 10.7. The minimum Gasteiger partial charge on any atom is -0.469 e. The molecular weight excluding hydrogens is 261 g/mol. The highest BCUT2D eigenvalue weighted by atomic mass is 35.5. The maximum absolute atomic E-state index is 11.0. The fourth-order valence-corrected chi connectivity index (χ4v) is 2.00. The maximum atomic E-state index is 11.0. The van der Waals surface area contributed by atoms with Crippen LogP contribution in [0.1, 0.15) is 12.1 Å². The molecule has 0 radical (unpaired) electrons. The molecule has 0 saturated carbocycles. The average molecular weight is 272 g/mol. The van der Waals surface area contributed by atoms with Gasteiger partial charge in [0.2, 0.25) is 0 Å². The van der Waals surface area contributed by atoms with Gasteiger partial charge >= 0.3 is 5.97 Å². The number of rotatable bonds is 3. The lowest BCUT2D eigenvalue weighted by molar-refractivity contribution is -0.140. The number of hydrogen-bond donors (Lipinski definition) is 1. The van der Waals surface area contributed by atoms with Crippen LogP contribution in [0.3, 0.4) is 0 Å². The predicted molar refractivity (Wildman–Crippen MR) is 68.7 cm³/mol. The van der Waals surface area contributed by atoms with E-state index in [0.717, 1.165) is 16.6 Å². The lowest BCUT2D eigenvalue weighted by atomic mass is 10.2. The van der Waals surface area contributed by atoms with E-state index in [1.54, 1.807) is 12.1 Å². The van der Waals surface area contributed by atoms with E-state index in [9.17, 15) is 4.79 Å². The van der Waals surface area contributed by atoms with Gasteiger partial charge in [0, 0.05) is 16.6 Å². The molecule has 90 valence electrons. The highest BCUT2D eigenvalue weighted by Crippen LogP contribution is 2.28. The molecule has 2 aromatic rings. The number of carbonyl (C=O) groups excluding carboxylic acids is 1. The van der Waals surface area contributed by atoms with E-state index in [1.165, 1.54) is 7.11 Å². The minimum absolute atomic E-state index is 0.222. The van der Waals surface area contributed by atoms with Gasteiger partial charge in [-0.05, 0) is 24.6 Å². The summed E-state index contributed by atoms with van der Waals surface area (Å²) in [6.45, 7) is 0. The average Bonchev–Trinajstić information content (AvgIpc) is 2.68. The topological polar surface area (TPSA) is 42.1 Å². The molecule has 1 N–H and O–H groups in total. The standard InChI is InChI=1S/C12H11Cl2NO2/c1-17-12(16)3-2-8-4-7-5-9(13)10(14)6-11(7)15-8/h4-6,15H,2-3H2,1H3. The van der Waals surface area contributed by atoms with Crippen molar-refractivity contribution in [2.24, 2.45) is 0 Å². The van der Waals surface area contributed by atoms with Crippen molar-refractivity contribution in [3.8, 4) is 0 Å². The van der Waals surface area contributed by atoms with Crippen LogP contribution < -0.4 is 0 Å². The molecule has 0 fully saturated rings. The van der Waals surface area contributed by atoms with Crippen molar-refractivity contribution in [1.29, 1.82) is 0 Å². The number of ether oxygens (including phenoxy) is 1. The molecule has 0 amide bonds. The molecule has 0 bridgehead atoms. The zero-order valence-electron chi connectivity index (χ0n) is 9.22. The van der Waals surface area contributed by atoms with E-state index in [0.29, 0.717) is 22.9 Å². The number of fused-ring (bicyclic) bond motifs is 1. The van der Waals surface area contributed by atoms with Crippen LogP contribution >= 0.6 is 23.2 Å². The Balaban J connectivity index is 2.23. The summed E-state index contributed by atoms with van der Waals surface area (Å²) >= 11 is 11.8. The molecule has 0 spiro atoms. The molecule has 17 heavy (non-hydrogen) atoms. The first-order chi connectivity index (χ1) is 8.10. The summed E-state index contributed by atoms with van der Waals surface area (Å²) in [6, 6.07) is 5.54. The Morgan fingerprint density at radius 3 is 2.71 bits per heavy atom. The van der Waals surface area contributed by atoms with Gasteiger partial charge in [-0.2, -0.15) is 0 Å². The molecular formula is C12H11Cl2NO2. The lowest BCUT2D eigenvalue weighted by Gasteiger charge is -1.96. The summed E-state index contributed by atoms with van der Waals surface area (Å²) in [7, 11) is 1.38. The van der Waals surface area contributed by atoms with Gasteiger partial charge in [-0.3, -0.25) is 4.79 Å². The van der Waals surface area contributed by atoms with Crippen molar-refractivity contribution >= 4 is 40.1 Å². The third-order valence-electron chi connectivity index (χ3n) is 2.54. The van der Waals surface area contributed by atoms with E-state index in [1.807, 2.05) is 6.07 Å². The first-order valence-electron chi connectivity index (χ1n) is 5.13. The van der Waals surface area contributed by atoms with E-state index < -0.39 is 0 Å². The van der Waals surface area contributed by atoms with Crippen LogP contribution in [0.15, 0.2) is 18.2 Å². The summed E-state index contributed by atoms with van der Waals surface area (Å²) < 4.78 is 4.59. The molecule has 0 aliphatic rings. The molecule has 0 unspecified atom stereocenters. The molecule has 0 saturated heterocycles. The molecule has 1 heterocycles. The molecule has 2 rings (SSSR count). The summed E-state index contributed by atoms with van der Waals surface area (Å²) in [5, 5.41) is 2.03. The Bertz CT molecular complexity index is 524. The number of esters is 1. The van der Waals surface area contributed by atoms with E-state index in [-0.39, 0.29) is 5.97 Å². The SMILES string of the molecule is COC(=O)CCc1cc2cc(Cl)c(Cl)cc2[nH]1. The quantitative estimate of drug-likeness (QED) is 0.868. The van der Waals surface area contributed by atoms with Gasteiger partial charge in [-0.15, -0.1) is 0 Å². The first kappa shape index (κ1) is 12.3. The summed E-state index contributed by atoms with van der Waals surface area (Å²) in [5.74, 6) is -0.222. The van der Waals surface area contributed by atoms with Crippen LogP contribution in [-0.2, 0) is 16.0 Å². The van der Waals surface area contributed by atoms with Crippen LogP contribution in [0.4, 0.5) is 0 Å². The third-order valence-corrected chi connectivity index (χ3v) is 3.27. The number of benzene rings is 1. The van der Waals surface area contributed by atoms with Crippen molar-refractivity contribution in [3.05, 3.63) is 33.9 Å². The van der Waals surface area contributed by atoms with Crippen LogP contribution in [0.2, 0.25) is 10.0 Å². The van der Waals surface area contributed by atoms with Crippen molar-refractivity contribution in [3.63, 3.8) is 0 Å². The predicted octanol–water partition coefficient (Wildman–Crippen LogP) is 3.58. The lowest BCUT2D eigenvalue weighted by Crippen LogP contribution is -2.01. The summed E-state index contributed by atoms with van der Waals surface area (Å²) in [5.41, 5.74) is 1.88. The van der Waals surface area contributed by atoms with Crippen LogP contribution in [-0.4, -0.2) is 18.1 Å². The molecule has 0 aliphatic heterocycles. The number of halogens is 2. The van der Waals surface area contributed by atoms with Gasteiger partial charge in [-0.25, -0.2) is 0 Å². The fourth-order valence-electron chi connectivity index (χ4n) is 1.66. The Hall–Kier alpha value is -1.19. The van der Waals surface area contributed by atoms with E-state index >= 15 is 0 Å². The number of aromatic amines is 1. The third kappa shape index (κ3) is 2.73. The van der Waals surface area contributed by atoms with E-state index in [4.69, 9.17) is 23.2 Å². The molecule has 0 atom stereocenters. The molecule has 3 nitrogen and oxygen atoms in total.